The highest BCUT2D eigenvalue weighted by Crippen LogP contribution is 2.37. The Morgan fingerprint density at radius 1 is 1.03 bits per heavy atom. The van der Waals surface area contributed by atoms with E-state index in [1.54, 1.807) is 12.1 Å². The predicted molar refractivity (Wildman–Crippen MR) is 113 cm³/mol. The molecule has 5 nitrogen and oxygen atoms in total. The third-order valence-corrected chi connectivity index (χ3v) is 6.87. The highest BCUT2D eigenvalue weighted by atomic mass is 32.2. The summed E-state index contributed by atoms with van der Waals surface area (Å²) in [7, 11) is -3.59. The van der Waals surface area contributed by atoms with Crippen LogP contribution in [-0.2, 0) is 31.6 Å². The van der Waals surface area contributed by atoms with E-state index in [2.05, 4.69) is 30.7 Å². The molecule has 0 fully saturated rings. The molecule has 0 unspecified atom stereocenters. The summed E-state index contributed by atoms with van der Waals surface area (Å²) in [5.74, 6) is 0. The fourth-order valence-electron chi connectivity index (χ4n) is 3.69. The molecule has 0 amide bonds. The average Bonchev–Trinajstić information content (AvgIpc) is 2.96. The Bertz CT molecular complexity index is 1060. The van der Waals surface area contributed by atoms with E-state index >= 15 is 0 Å². The van der Waals surface area contributed by atoms with Gasteiger partial charge in [-0.2, -0.15) is 9.59 Å². The monoisotopic (exact) mass is 413 g/mol. The minimum Gasteiger partial charge on any atom is -0.207 e. The van der Waals surface area contributed by atoms with Gasteiger partial charge >= 0.3 is 6.15 Å². The molecule has 2 aromatic carbocycles. The molecule has 0 bridgehead atoms. The van der Waals surface area contributed by atoms with Crippen LogP contribution in [0, 0.1) is 6.92 Å². The molecular weight excluding hydrogens is 386 g/mol. The van der Waals surface area contributed by atoms with Crippen LogP contribution in [0.25, 0.3) is 5.57 Å². The molecule has 0 atom stereocenters. The van der Waals surface area contributed by atoms with Gasteiger partial charge in [-0.25, -0.2) is 13.1 Å². The maximum absolute atomic E-state index is 12.8. The van der Waals surface area contributed by atoms with Crippen molar-refractivity contribution in [2.45, 2.75) is 57.9 Å². The summed E-state index contributed by atoms with van der Waals surface area (Å²) < 4.78 is 28.5. The Labute approximate surface area is 172 Å². The normalized spacial score (nSPS) is 13.4. The van der Waals surface area contributed by atoms with Crippen LogP contribution < -0.4 is 4.72 Å². The lowest BCUT2D eigenvalue weighted by atomic mass is 9.91. The zero-order valence-corrected chi connectivity index (χ0v) is 18.3. The number of hydrogen-bond acceptors (Lipinski definition) is 4. The van der Waals surface area contributed by atoms with E-state index in [-0.39, 0.29) is 6.15 Å². The Morgan fingerprint density at radius 3 is 2.17 bits per heavy atom. The molecule has 29 heavy (non-hydrogen) atoms. The van der Waals surface area contributed by atoms with Crippen LogP contribution in [0.15, 0.2) is 52.9 Å². The Hall–Kier alpha value is -2.53. The van der Waals surface area contributed by atoms with Crippen LogP contribution in [0.5, 0.6) is 0 Å². The van der Waals surface area contributed by atoms with Crippen molar-refractivity contribution in [3.63, 3.8) is 0 Å². The van der Waals surface area contributed by atoms with E-state index < -0.39 is 15.6 Å². The first kappa shape index (κ1) is 22.8. The SMILES string of the molecule is CCC1=C(C)Cc2ccc(C(C)(C)NS(=O)(=O)c3ccc(C)cc3)cc21.O=C=O. The van der Waals surface area contributed by atoms with E-state index in [0.717, 1.165) is 24.0 Å². The molecule has 2 aromatic rings. The van der Waals surface area contributed by atoms with Gasteiger partial charge in [-0.1, -0.05) is 42.3 Å². The number of benzene rings is 2. The number of sulfonamides is 1. The Morgan fingerprint density at radius 2 is 1.62 bits per heavy atom. The molecule has 0 saturated carbocycles. The summed E-state index contributed by atoms with van der Waals surface area (Å²) in [4.78, 5) is 16.5. The number of fused-ring (bicyclic) bond motifs is 1. The zero-order chi connectivity index (χ0) is 21.8. The van der Waals surface area contributed by atoms with E-state index in [9.17, 15) is 8.42 Å². The Balaban J connectivity index is 0.000000941. The lowest BCUT2D eigenvalue weighted by Gasteiger charge is -2.27. The van der Waals surface area contributed by atoms with Gasteiger partial charge in [0, 0.05) is 0 Å². The fourth-order valence-corrected chi connectivity index (χ4v) is 5.09. The van der Waals surface area contributed by atoms with Gasteiger partial charge in [0.1, 0.15) is 0 Å². The van der Waals surface area contributed by atoms with Crippen molar-refractivity contribution in [1.29, 1.82) is 0 Å². The maximum atomic E-state index is 12.8. The molecule has 6 heteroatoms. The van der Waals surface area contributed by atoms with Gasteiger partial charge < -0.3 is 0 Å². The molecule has 1 aliphatic carbocycles. The molecule has 1 aliphatic rings. The second-order valence-corrected chi connectivity index (χ2v) is 9.47. The van der Waals surface area contributed by atoms with Gasteiger partial charge in [0.2, 0.25) is 10.0 Å². The van der Waals surface area contributed by atoms with Crippen LogP contribution in [0.2, 0.25) is 0 Å². The summed E-state index contributed by atoms with van der Waals surface area (Å²) in [6.45, 7) is 10.1. The van der Waals surface area contributed by atoms with Crippen molar-refractivity contribution in [1.82, 2.24) is 4.72 Å². The van der Waals surface area contributed by atoms with Gasteiger partial charge in [0.25, 0.3) is 0 Å². The number of nitrogens with one attached hydrogen (secondary N) is 1. The van der Waals surface area contributed by atoms with E-state index in [1.807, 2.05) is 39.0 Å². The number of aryl methyl sites for hydroxylation is 1. The predicted octanol–water partition coefficient (Wildman–Crippen LogP) is 4.36. The Kier molecular flexibility index (Phi) is 6.96. The number of allylic oxidation sites excluding steroid dienone is 2. The van der Waals surface area contributed by atoms with Gasteiger partial charge in [0.15, 0.2) is 0 Å². The van der Waals surface area contributed by atoms with Gasteiger partial charge in [-0.3, -0.25) is 0 Å². The zero-order valence-electron chi connectivity index (χ0n) is 17.5. The number of rotatable bonds is 5. The van der Waals surface area contributed by atoms with E-state index in [4.69, 9.17) is 9.59 Å². The van der Waals surface area contributed by atoms with Crippen molar-refractivity contribution in [3.8, 4) is 0 Å². The van der Waals surface area contributed by atoms with E-state index in [1.165, 1.54) is 22.3 Å². The quantitative estimate of drug-likeness (QED) is 0.789. The molecule has 0 saturated heterocycles. The third kappa shape index (κ3) is 5.10. The van der Waals surface area contributed by atoms with Crippen LogP contribution in [0.3, 0.4) is 0 Å². The minimum absolute atomic E-state index is 0.250. The molecular formula is C23H27NO4S. The van der Waals surface area contributed by atoms with Crippen LogP contribution in [0.4, 0.5) is 0 Å². The first-order valence-electron chi connectivity index (χ1n) is 9.48. The lowest BCUT2D eigenvalue weighted by Crippen LogP contribution is -2.41. The van der Waals surface area contributed by atoms with Crippen molar-refractivity contribution in [3.05, 3.63) is 70.3 Å². The third-order valence-electron chi connectivity index (χ3n) is 5.20. The van der Waals surface area contributed by atoms with E-state index in [0.29, 0.717) is 4.90 Å². The summed E-state index contributed by atoms with van der Waals surface area (Å²) >= 11 is 0. The summed E-state index contributed by atoms with van der Waals surface area (Å²) in [5.41, 5.74) is 6.72. The second-order valence-electron chi connectivity index (χ2n) is 7.79. The first-order chi connectivity index (χ1) is 13.6. The molecule has 154 valence electrons. The molecule has 0 aromatic heterocycles. The molecule has 0 spiro atoms. The molecule has 1 N–H and O–H groups in total. The summed E-state index contributed by atoms with van der Waals surface area (Å²) in [5, 5.41) is 0. The highest BCUT2D eigenvalue weighted by molar-refractivity contribution is 7.89. The largest absolute Gasteiger partial charge is 0.373 e. The molecule has 0 aliphatic heterocycles. The van der Waals surface area contributed by atoms with Crippen LogP contribution >= 0.6 is 0 Å². The smallest absolute Gasteiger partial charge is 0.207 e. The topological polar surface area (TPSA) is 80.3 Å². The van der Waals surface area contributed by atoms with Crippen molar-refractivity contribution < 1.29 is 18.0 Å². The standard InChI is InChI=1S/C22H27NO2S.CO2/c1-6-20-16(3)13-17-9-10-18(14-21(17)20)22(4,5)23-26(24,25)19-11-7-15(2)8-12-19;2-1-3/h7-12,14,23H,6,13H2,1-5H3;. The summed E-state index contributed by atoms with van der Waals surface area (Å²) in [6, 6.07) is 13.3. The van der Waals surface area contributed by atoms with Crippen molar-refractivity contribution in [2.24, 2.45) is 0 Å². The van der Waals surface area contributed by atoms with Crippen molar-refractivity contribution >= 4 is 21.7 Å². The number of carbonyl (C=O) groups excluding carboxylic acids is 2. The summed E-state index contributed by atoms with van der Waals surface area (Å²) in [6.07, 6.45) is 2.24. The second kappa shape index (κ2) is 8.87. The maximum Gasteiger partial charge on any atom is 0.373 e. The minimum atomic E-state index is -3.59. The van der Waals surface area contributed by atoms with Gasteiger partial charge in [-0.15, -0.1) is 0 Å². The fraction of sp³-hybridized carbons (Fsp3) is 0.348. The molecule has 0 radical (unpaired) electrons. The molecule has 0 heterocycles. The highest BCUT2D eigenvalue weighted by Gasteiger charge is 2.29. The van der Waals surface area contributed by atoms with Crippen molar-refractivity contribution in [2.75, 3.05) is 0 Å². The first-order valence-corrected chi connectivity index (χ1v) is 11.0. The van der Waals surface area contributed by atoms with Crippen LogP contribution in [-0.4, -0.2) is 14.6 Å². The van der Waals surface area contributed by atoms with Crippen LogP contribution in [0.1, 0.15) is 56.4 Å². The lowest BCUT2D eigenvalue weighted by molar-refractivity contribution is -0.191. The average molecular weight is 414 g/mol. The van der Waals surface area contributed by atoms with Gasteiger partial charge in [-0.05, 0) is 81.0 Å². The van der Waals surface area contributed by atoms with Gasteiger partial charge in [0.05, 0.1) is 10.4 Å². The number of hydrogen-bond donors (Lipinski definition) is 1. The molecule has 3 rings (SSSR count).